The van der Waals surface area contributed by atoms with Crippen LogP contribution >= 0.6 is 23.4 Å². The molecule has 1 aromatic carbocycles. The molecule has 0 aliphatic rings. The molecule has 1 unspecified atom stereocenters. The summed E-state index contributed by atoms with van der Waals surface area (Å²) in [4.78, 5) is 12.0. The standard InChI is InChI=1S/C14H14ClNO2S/c1-10(19-9-13-3-2-8-18-13)14(17)16-12-6-4-11(15)5-7-12/h2-8,10H,9H2,1H3,(H,16,17). The second kappa shape index (κ2) is 6.68. The van der Waals surface area contributed by atoms with Crippen LogP contribution in [0.1, 0.15) is 12.7 Å². The molecule has 0 saturated heterocycles. The first kappa shape index (κ1) is 14.0. The van der Waals surface area contributed by atoms with Gasteiger partial charge in [-0.25, -0.2) is 0 Å². The summed E-state index contributed by atoms with van der Waals surface area (Å²) in [7, 11) is 0. The molecule has 0 aliphatic heterocycles. The third-order valence-electron chi connectivity index (χ3n) is 2.54. The molecule has 2 rings (SSSR count). The predicted molar refractivity (Wildman–Crippen MR) is 79.5 cm³/mol. The maximum absolute atomic E-state index is 12.0. The number of carbonyl (C=O) groups is 1. The van der Waals surface area contributed by atoms with Gasteiger partial charge in [-0.1, -0.05) is 11.6 Å². The van der Waals surface area contributed by atoms with Crippen LogP contribution in [-0.4, -0.2) is 11.2 Å². The Balaban J connectivity index is 1.83. The third-order valence-corrected chi connectivity index (χ3v) is 3.95. The van der Waals surface area contributed by atoms with E-state index in [-0.39, 0.29) is 11.2 Å². The van der Waals surface area contributed by atoms with Gasteiger partial charge in [0.15, 0.2) is 0 Å². The Bertz CT molecular complexity index is 525. The quantitative estimate of drug-likeness (QED) is 0.899. The van der Waals surface area contributed by atoms with E-state index in [0.29, 0.717) is 10.8 Å². The zero-order valence-electron chi connectivity index (χ0n) is 10.4. The van der Waals surface area contributed by atoms with E-state index in [2.05, 4.69) is 5.32 Å². The number of nitrogens with one attached hydrogen (secondary N) is 1. The highest BCUT2D eigenvalue weighted by Gasteiger charge is 2.14. The van der Waals surface area contributed by atoms with Crippen molar-refractivity contribution in [3.8, 4) is 0 Å². The van der Waals surface area contributed by atoms with Crippen LogP contribution in [0.5, 0.6) is 0 Å². The van der Waals surface area contributed by atoms with Gasteiger partial charge in [0.1, 0.15) is 5.76 Å². The fraction of sp³-hybridized carbons (Fsp3) is 0.214. The number of hydrogen-bond donors (Lipinski definition) is 1. The van der Waals surface area contributed by atoms with Crippen LogP contribution < -0.4 is 5.32 Å². The van der Waals surface area contributed by atoms with Crippen LogP contribution in [0.3, 0.4) is 0 Å². The van der Waals surface area contributed by atoms with Crippen molar-refractivity contribution in [3.05, 3.63) is 53.4 Å². The maximum Gasteiger partial charge on any atom is 0.237 e. The van der Waals surface area contributed by atoms with E-state index in [1.54, 1.807) is 30.5 Å². The first-order valence-electron chi connectivity index (χ1n) is 5.85. The Morgan fingerprint density at radius 1 is 1.37 bits per heavy atom. The molecule has 1 N–H and O–H groups in total. The lowest BCUT2D eigenvalue weighted by Gasteiger charge is -2.11. The summed E-state index contributed by atoms with van der Waals surface area (Å²) >= 11 is 7.32. The number of halogens is 1. The summed E-state index contributed by atoms with van der Waals surface area (Å²) in [5.41, 5.74) is 0.750. The van der Waals surface area contributed by atoms with Crippen molar-refractivity contribution < 1.29 is 9.21 Å². The van der Waals surface area contributed by atoms with Gasteiger partial charge < -0.3 is 9.73 Å². The minimum absolute atomic E-state index is 0.0288. The summed E-state index contributed by atoms with van der Waals surface area (Å²) in [6.07, 6.45) is 1.63. The number of amides is 1. The summed E-state index contributed by atoms with van der Waals surface area (Å²) in [5.74, 6) is 1.53. The third kappa shape index (κ3) is 4.33. The van der Waals surface area contributed by atoms with Crippen molar-refractivity contribution in [3.63, 3.8) is 0 Å². The second-order valence-corrected chi connectivity index (χ2v) is 5.79. The molecule has 0 aliphatic carbocycles. The van der Waals surface area contributed by atoms with E-state index in [0.717, 1.165) is 11.4 Å². The Morgan fingerprint density at radius 3 is 2.74 bits per heavy atom. The van der Waals surface area contributed by atoms with Crippen LogP contribution in [0.25, 0.3) is 0 Å². The molecule has 0 radical (unpaired) electrons. The van der Waals surface area contributed by atoms with Crippen molar-refractivity contribution >= 4 is 35.0 Å². The molecule has 19 heavy (non-hydrogen) atoms. The normalized spacial score (nSPS) is 12.1. The molecule has 0 fully saturated rings. The lowest BCUT2D eigenvalue weighted by atomic mass is 10.3. The van der Waals surface area contributed by atoms with Crippen LogP contribution in [0, 0.1) is 0 Å². The molecule has 0 spiro atoms. The van der Waals surface area contributed by atoms with Crippen LogP contribution in [0.2, 0.25) is 5.02 Å². The molecular formula is C14H14ClNO2S. The van der Waals surface area contributed by atoms with Gasteiger partial charge in [-0.3, -0.25) is 4.79 Å². The maximum atomic E-state index is 12.0. The summed E-state index contributed by atoms with van der Waals surface area (Å²) in [6.45, 7) is 1.87. The lowest BCUT2D eigenvalue weighted by Crippen LogP contribution is -2.22. The topological polar surface area (TPSA) is 42.2 Å². The smallest absolute Gasteiger partial charge is 0.237 e. The fourth-order valence-corrected chi connectivity index (χ4v) is 2.37. The zero-order valence-corrected chi connectivity index (χ0v) is 12.0. The average molecular weight is 296 g/mol. The molecule has 1 heterocycles. The zero-order chi connectivity index (χ0) is 13.7. The highest BCUT2D eigenvalue weighted by molar-refractivity contribution is 7.99. The largest absolute Gasteiger partial charge is 0.468 e. The van der Waals surface area contributed by atoms with E-state index < -0.39 is 0 Å². The number of anilines is 1. The van der Waals surface area contributed by atoms with E-state index in [1.807, 2.05) is 19.1 Å². The van der Waals surface area contributed by atoms with Gasteiger partial charge in [-0.05, 0) is 43.3 Å². The highest BCUT2D eigenvalue weighted by Crippen LogP contribution is 2.20. The van der Waals surface area contributed by atoms with E-state index in [4.69, 9.17) is 16.0 Å². The van der Waals surface area contributed by atoms with Crippen LogP contribution in [-0.2, 0) is 10.5 Å². The SMILES string of the molecule is CC(SCc1ccco1)C(=O)Nc1ccc(Cl)cc1. The average Bonchev–Trinajstić information content (AvgIpc) is 2.91. The van der Waals surface area contributed by atoms with E-state index >= 15 is 0 Å². The number of thioether (sulfide) groups is 1. The Morgan fingerprint density at radius 2 is 2.11 bits per heavy atom. The lowest BCUT2D eigenvalue weighted by molar-refractivity contribution is -0.115. The first-order chi connectivity index (χ1) is 9.15. The minimum Gasteiger partial charge on any atom is -0.468 e. The number of hydrogen-bond acceptors (Lipinski definition) is 3. The number of rotatable bonds is 5. The van der Waals surface area contributed by atoms with Crippen LogP contribution in [0.15, 0.2) is 47.1 Å². The van der Waals surface area contributed by atoms with Gasteiger partial charge in [0.2, 0.25) is 5.91 Å². The van der Waals surface area contributed by atoms with E-state index in [9.17, 15) is 4.79 Å². The molecule has 2 aromatic rings. The van der Waals surface area contributed by atoms with E-state index in [1.165, 1.54) is 11.8 Å². The molecular weight excluding hydrogens is 282 g/mol. The van der Waals surface area contributed by atoms with Crippen molar-refractivity contribution in [2.45, 2.75) is 17.9 Å². The number of furan rings is 1. The summed E-state index contributed by atoms with van der Waals surface area (Å²) in [6, 6.07) is 10.8. The fourth-order valence-electron chi connectivity index (χ4n) is 1.45. The molecule has 3 nitrogen and oxygen atoms in total. The Labute approximate surface area is 121 Å². The van der Waals surface area contributed by atoms with Gasteiger partial charge in [-0.15, -0.1) is 11.8 Å². The van der Waals surface area contributed by atoms with Gasteiger partial charge in [0, 0.05) is 10.7 Å². The summed E-state index contributed by atoms with van der Waals surface area (Å²) < 4.78 is 5.23. The molecule has 100 valence electrons. The van der Waals surface area contributed by atoms with Gasteiger partial charge in [-0.2, -0.15) is 0 Å². The van der Waals surface area contributed by atoms with Crippen LogP contribution in [0.4, 0.5) is 5.69 Å². The molecule has 1 amide bonds. The van der Waals surface area contributed by atoms with Gasteiger partial charge >= 0.3 is 0 Å². The Hall–Kier alpha value is -1.39. The first-order valence-corrected chi connectivity index (χ1v) is 7.28. The second-order valence-electron chi connectivity index (χ2n) is 4.03. The number of carbonyl (C=O) groups excluding carboxylic acids is 1. The van der Waals surface area contributed by atoms with Crippen molar-refractivity contribution in [2.75, 3.05) is 5.32 Å². The minimum atomic E-state index is -0.152. The predicted octanol–water partition coefficient (Wildman–Crippen LogP) is 4.19. The van der Waals surface area contributed by atoms with Gasteiger partial charge in [0.05, 0.1) is 17.3 Å². The highest BCUT2D eigenvalue weighted by atomic mass is 35.5. The molecule has 0 saturated carbocycles. The van der Waals surface area contributed by atoms with Crippen molar-refractivity contribution in [1.29, 1.82) is 0 Å². The molecule has 0 bridgehead atoms. The molecule has 1 aromatic heterocycles. The molecule has 5 heteroatoms. The number of benzene rings is 1. The Kier molecular flexibility index (Phi) is 4.93. The summed E-state index contributed by atoms with van der Waals surface area (Å²) in [5, 5.41) is 3.35. The monoisotopic (exact) mass is 295 g/mol. The van der Waals surface area contributed by atoms with Gasteiger partial charge in [0.25, 0.3) is 0 Å². The van der Waals surface area contributed by atoms with Crippen molar-refractivity contribution in [1.82, 2.24) is 0 Å². The van der Waals surface area contributed by atoms with Crippen molar-refractivity contribution in [2.24, 2.45) is 0 Å². The molecule has 1 atom stereocenters.